The van der Waals surface area contributed by atoms with Gasteiger partial charge in [-0.25, -0.2) is 4.39 Å². The molecule has 4 aromatic rings. The van der Waals surface area contributed by atoms with E-state index >= 15 is 0 Å². The highest BCUT2D eigenvalue weighted by molar-refractivity contribution is 5.94. The molecule has 1 aliphatic carbocycles. The van der Waals surface area contributed by atoms with E-state index in [1.807, 2.05) is 24.3 Å². The first-order chi connectivity index (χ1) is 21.4. The standard InChI is InChI=1S/C32H28FN3O8/c1-39-25-8-16(9-26(40-2)30(25)41-3)27-18-10-23-24(44-14-43-23)11-19(18)29(20-13-42-32(38)28(20)27)34-31(37)22-12-21(35-36-22)15-4-6-17(33)7-5-15/h4-12,20,27-29H,13-14H2,1-3H3,(H,34,37)(H,35,36)/t20-,27+,28-,29+/m0/s1. The lowest BCUT2D eigenvalue weighted by Crippen LogP contribution is -2.43. The fraction of sp³-hybridized carbons (Fsp3) is 0.281. The third-order valence-corrected chi connectivity index (χ3v) is 8.48. The van der Waals surface area contributed by atoms with Crippen LogP contribution in [0.5, 0.6) is 28.7 Å². The summed E-state index contributed by atoms with van der Waals surface area (Å²) in [6.45, 7) is 0.159. The van der Waals surface area contributed by atoms with E-state index in [1.54, 1.807) is 18.2 Å². The Hall–Kier alpha value is -5.26. The van der Waals surface area contributed by atoms with Crippen LogP contribution in [0.3, 0.4) is 0 Å². The first kappa shape index (κ1) is 27.6. The third kappa shape index (κ3) is 4.45. The Morgan fingerprint density at radius 3 is 2.27 bits per heavy atom. The smallest absolute Gasteiger partial charge is 0.310 e. The van der Waals surface area contributed by atoms with Crippen LogP contribution in [0.25, 0.3) is 11.3 Å². The molecule has 0 saturated carbocycles. The molecule has 44 heavy (non-hydrogen) atoms. The molecule has 3 aliphatic rings. The molecule has 12 heteroatoms. The minimum absolute atomic E-state index is 0.0549. The average Bonchev–Trinajstić information content (AvgIpc) is 3.80. The SMILES string of the molecule is COc1cc([C@@H]2c3cc4c(cc3[C@@H](NC(=O)c3cc(-c5ccc(F)cc5)n[nH]3)[C@H]3COC(=O)[C@H]23)OCO4)cc(OC)c1OC. The van der Waals surface area contributed by atoms with Gasteiger partial charge in [0, 0.05) is 17.4 Å². The van der Waals surface area contributed by atoms with Crippen LogP contribution in [0.2, 0.25) is 0 Å². The van der Waals surface area contributed by atoms with Crippen LogP contribution < -0.4 is 29.0 Å². The number of fused-ring (bicyclic) bond motifs is 3. The number of benzene rings is 3. The van der Waals surface area contributed by atoms with E-state index in [1.165, 1.54) is 33.5 Å². The highest BCUT2D eigenvalue weighted by Crippen LogP contribution is 2.55. The summed E-state index contributed by atoms with van der Waals surface area (Å²) in [6.07, 6.45) is 0. The minimum atomic E-state index is -0.646. The van der Waals surface area contributed by atoms with E-state index in [0.717, 1.165) is 16.7 Å². The Kier molecular flexibility index (Phi) is 6.75. The van der Waals surface area contributed by atoms with Gasteiger partial charge < -0.3 is 33.7 Å². The number of aromatic nitrogens is 2. The number of rotatable bonds is 7. The molecule has 0 spiro atoms. The molecule has 1 fully saturated rings. The molecule has 11 nitrogen and oxygen atoms in total. The summed E-state index contributed by atoms with van der Waals surface area (Å²) >= 11 is 0. The summed E-state index contributed by atoms with van der Waals surface area (Å²) in [6, 6.07) is 14.2. The number of ether oxygens (including phenoxy) is 6. The van der Waals surface area contributed by atoms with E-state index in [2.05, 4.69) is 15.5 Å². The molecule has 3 aromatic carbocycles. The van der Waals surface area contributed by atoms with Crippen molar-refractivity contribution in [1.29, 1.82) is 0 Å². The molecule has 7 rings (SSSR count). The number of carbonyl (C=O) groups is 2. The van der Waals surface area contributed by atoms with Gasteiger partial charge in [-0.05, 0) is 71.3 Å². The summed E-state index contributed by atoms with van der Waals surface area (Å²) in [5.41, 5.74) is 3.63. The molecule has 4 atom stereocenters. The zero-order valence-corrected chi connectivity index (χ0v) is 24.0. The van der Waals surface area contributed by atoms with Crippen molar-refractivity contribution >= 4 is 11.9 Å². The lowest BCUT2D eigenvalue weighted by Gasteiger charge is -2.39. The summed E-state index contributed by atoms with van der Waals surface area (Å²) < 4.78 is 47.3. The fourth-order valence-electron chi connectivity index (χ4n) is 6.45. The molecular weight excluding hydrogens is 573 g/mol. The van der Waals surface area contributed by atoms with Crippen LogP contribution in [0, 0.1) is 17.7 Å². The first-order valence-corrected chi connectivity index (χ1v) is 13.9. The van der Waals surface area contributed by atoms with Crippen molar-refractivity contribution in [2.24, 2.45) is 11.8 Å². The van der Waals surface area contributed by atoms with Gasteiger partial charge in [-0.2, -0.15) is 5.10 Å². The average molecular weight is 602 g/mol. The normalized spacial score (nSPS) is 21.2. The summed E-state index contributed by atoms with van der Waals surface area (Å²) in [5.74, 6) is -0.335. The van der Waals surface area contributed by atoms with Gasteiger partial charge in [0.15, 0.2) is 23.0 Å². The number of H-pyrrole nitrogens is 1. The number of hydrogen-bond acceptors (Lipinski definition) is 9. The van der Waals surface area contributed by atoms with E-state index in [4.69, 9.17) is 28.4 Å². The molecule has 1 amide bonds. The number of halogens is 1. The lowest BCUT2D eigenvalue weighted by atomic mass is 9.65. The third-order valence-electron chi connectivity index (χ3n) is 8.48. The zero-order valence-electron chi connectivity index (χ0n) is 24.0. The van der Waals surface area contributed by atoms with Gasteiger partial charge in [0.05, 0.1) is 45.6 Å². The topological polar surface area (TPSA) is 130 Å². The molecule has 3 heterocycles. The van der Waals surface area contributed by atoms with Gasteiger partial charge in [0.25, 0.3) is 5.91 Å². The highest BCUT2D eigenvalue weighted by atomic mass is 19.1. The summed E-state index contributed by atoms with van der Waals surface area (Å²) in [5, 5.41) is 10.1. The molecule has 0 radical (unpaired) electrons. The Bertz CT molecular complexity index is 1750. The molecule has 2 N–H and O–H groups in total. The van der Waals surface area contributed by atoms with Gasteiger partial charge in [-0.3, -0.25) is 14.7 Å². The first-order valence-electron chi connectivity index (χ1n) is 13.9. The van der Waals surface area contributed by atoms with Gasteiger partial charge >= 0.3 is 5.97 Å². The quantitative estimate of drug-likeness (QED) is 0.297. The van der Waals surface area contributed by atoms with Crippen LogP contribution in [0.1, 0.15) is 39.1 Å². The van der Waals surface area contributed by atoms with Gasteiger partial charge in [0.1, 0.15) is 11.5 Å². The maximum Gasteiger partial charge on any atom is 0.310 e. The van der Waals surface area contributed by atoms with Crippen LogP contribution in [0.4, 0.5) is 4.39 Å². The number of carbonyl (C=O) groups excluding carboxylic acids is 2. The van der Waals surface area contributed by atoms with Crippen molar-refractivity contribution in [2.45, 2.75) is 12.0 Å². The predicted octanol–water partition coefficient (Wildman–Crippen LogP) is 4.38. The predicted molar refractivity (Wildman–Crippen MR) is 153 cm³/mol. The second-order valence-electron chi connectivity index (χ2n) is 10.7. The van der Waals surface area contributed by atoms with E-state index in [0.29, 0.717) is 40.0 Å². The van der Waals surface area contributed by atoms with Crippen molar-refractivity contribution < 1.29 is 42.4 Å². The van der Waals surface area contributed by atoms with Crippen LogP contribution in [-0.4, -0.2) is 56.8 Å². The lowest BCUT2D eigenvalue weighted by molar-refractivity contribution is -0.141. The van der Waals surface area contributed by atoms with Crippen LogP contribution in [0.15, 0.2) is 54.6 Å². The highest BCUT2D eigenvalue weighted by Gasteiger charge is 2.53. The number of aromatic amines is 1. The van der Waals surface area contributed by atoms with Crippen LogP contribution >= 0.6 is 0 Å². The maximum absolute atomic E-state index is 13.6. The minimum Gasteiger partial charge on any atom is -0.493 e. The molecular formula is C32H28FN3O8. The van der Waals surface area contributed by atoms with Gasteiger partial charge in [-0.15, -0.1) is 0 Å². The van der Waals surface area contributed by atoms with Crippen molar-refractivity contribution in [3.63, 3.8) is 0 Å². The molecule has 2 aliphatic heterocycles. The van der Waals surface area contributed by atoms with Crippen molar-refractivity contribution in [1.82, 2.24) is 15.5 Å². The number of nitrogens with one attached hydrogen (secondary N) is 2. The van der Waals surface area contributed by atoms with Crippen LogP contribution in [-0.2, 0) is 9.53 Å². The number of amides is 1. The van der Waals surface area contributed by atoms with Crippen molar-refractivity contribution in [3.8, 4) is 40.0 Å². The largest absolute Gasteiger partial charge is 0.493 e. The fourth-order valence-corrected chi connectivity index (χ4v) is 6.45. The number of cyclic esters (lactones) is 1. The number of esters is 1. The van der Waals surface area contributed by atoms with E-state index < -0.39 is 29.7 Å². The zero-order chi connectivity index (χ0) is 30.5. The number of hydrogen-bond donors (Lipinski definition) is 2. The summed E-state index contributed by atoms with van der Waals surface area (Å²) in [4.78, 5) is 27.1. The number of nitrogens with zero attached hydrogens (tertiary/aromatic N) is 1. The summed E-state index contributed by atoms with van der Waals surface area (Å²) in [7, 11) is 4.59. The Balaban J connectivity index is 1.31. The molecule has 1 saturated heterocycles. The Labute approximate surface area is 251 Å². The second-order valence-corrected chi connectivity index (χ2v) is 10.7. The molecule has 1 aromatic heterocycles. The second kappa shape index (κ2) is 10.8. The monoisotopic (exact) mass is 601 g/mol. The van der Waals surface area contributed by atoms with E-state index in [9.17, 15) is 14.0 Å². The maximum atomic E-state index is 13.6. The Morgan fingerprint density at radius 1 is 0.932 bits per heavy atom. The number of methoxy groups -OCH3 is 3. The Morgan fingerprint density at radius 2 is 1.61 bits per heavy atom. The van der Waals surface area contributed by atoms with Crippen molar-refractivity contribution in [2.75, 3.05) is 34.7 Å². The molecule has 0 unspecified atom stereocenters. The van der Waals surface area contributed by atoms with Crippen molar-refractivity contribution in [3.05, 3.63) is 82.8 Å². The molecule has 226 valence electrons. The molecule has 0 bridgehead atoms. The van der Waals surface area contributed by atoms with Gasteiger partial charge in [0.2, 0.25) is 12.5 Å². The van der Waals surface area contributed by atoms with E-state index in [-0.39, 0.29) is 30.9 Å². The van der Waals surface area contributed by atoms with Gasteiger partial charge in [-0.1, -0.05) is 0 Å².